The fourth-order valence-electron chi connectivity index (χ4n) is 5.24. The molecular weight excluding hydrogens is 520 g/mol. The summed E-state index contributed by atoms with van der Waals surface area (Å²) < 4.78 is 61.1. The van der Waals surface area contributed by atoms with Gasteiger partial charge in [0, 0.05) is 53.8 Å². The Bertz CT molecular complexity index is 1400. The van der Waals surface area contributed by atoms with Gasteiger partial charge < -0.3 is 30.2 Å². The number of fused-ring (bicyclic) bond motifs is 8. The van der Waals surface area contributed by atoms with E-state index < -0.39 is 24.8 Å². The van der Waals surface area contributed by atoms with Crippen LogP contribution in [-0.2, 0) is 15.5 Å². The topological polar surface area (TPSA) is 121 Å². The van der Waals surface area contributed by atoms with Crippen molar-refractivity contribution in [1.82, 2.24) is 25.6 Å². The normalized spacial score (nSPS) is 21.4. The molecule has 9 nitrogen and oxygen atoms in total. The van der Waals surface area contributed by atoms with E-state index in [9.17, 15) is 22.5 Å². The number of aromatic amines is 1. The van der Waals surface area contributed by atoms with Crippen LogP contribution in [0.25, 0.3) is 22.2 Å². The van der Waals surface area contributed by atoms with Crippen molar-refractivity contribution in [3.8, 4) is 11.3 Å². The van der Waals surface area contributed by atoms with E-state index in [4.69, 9.17) is 4.74 Å². The minimum absolute atomic E-state index is 0.0157. The zero-order valence-electron chi connectivity index (χ0n) is 21.1. The molecular formula is C25H30F3N6O3P. The molecule has 1 saturated carbocycles. The first-order valence-electron chi connectivity index (χ1n) is 12.5. The van der Waals surface area contributed by atoms with Gasteiger partial charge in [0.2, 0.25) is 5.95 Å². The summed E-state index contributed by atoms with van der Waals surface area (Å²) in [5.74, 6) is -0.321. The number of carbonyl (C=O) groups excluding carboxylic acids is 1. The van der Waals surface area contributed by atoms with Gasteiger partial charge in [-0.2, -0.15) is 13.2 Å². The molecule has 1 amide bonds. The van der Waals surface area contributed by atoms with Crippen molar-refractivity contribution in [1.29, 1.82) is 0 Å². The fourth-order valence-corrected chi connectivity index (χ4v) is 6.72. The SMILES string of the molecule is CP(C)(=O)c1c2ccc3c(c[nH]c13)-c1nc(ncc1C(F)(F)F)N[C@H]1CC[C@@H](C1)NCCOCCNC2=O. The predicted octanol–water partition coefficient (Wildman–Crippen LogP) is 3.57. The lowest BCUT2D eigenvalue weighted by Crippen LogP contribution is -2.33. The quantitative estimate of drug-likeness (QED) is 0.270. The summed E-state index contributed by atoms with van der Waals surface area (Å²) in [4.78, 5) is 24.3. The Morgan fingerprint density at radius 3 is 2.61 bits per heavy atom. The van der Waals surface area contributed by atoms with E-state index in [1.54, 1.807) is 6.07 Å². The first-order chi connectivity index (χ1) is 18.0. The van der Waals surface area contributed by atoms with Crippen molar-refractivity contribution in [2.75, 3.05) is 44.9 Å². The number of nitrogens with zero attached hydrogens (tertiary/aromatic N) is 2. The number of amides is 1. The van der Waals surface area contributed by atoms with Crippen LogP contribution in [0.5, 0.6) is 0 Å². The van der Waals surface area contributed by atoms with E-state index >= 15 is 0 Å². The Morgan fingerprint density at radius 2 is 1.84 bits per heavy atom. The highest BCUT2D eigenvalue weighted by atomic mass is 31.2. The molecule has 3 aromatic rings. The molecule has 0 spiro atoms. The lowest BCUT2D eigenvalue weighted by atomic mass is 10.0. The molecule has 4 heterocycles. The standard InChI is InChI=1S/C25H30F3N6O3P/c1-38(2,36)22-17-6-5-16-18(12-31-21(16)22)20-19(25(26,27)28)13-32-24(34-20)33-15-4-3-14(11-15)29-7-9-37-10-8-30-23(17)35/h5-6,12-15,29,31H,3-4,7-11H2,1-2H3,(H,30,35)(H,32,33,34)/t14-,15-/m0/s1. The van der Waals surface area contributed by atoms with Gasteiger partial charge in [-0.25, -0.2) is 9.97 Å². The molecule has 1 fully saturated rings. The van der Waals surface area contributed by atoms with Gasteiger partial charge in [-0.3, -0.25) is 4.79 Å². The molecule has 2 aromatic heterocycles. The van der Waals surface area contributed by atoms with E-state index in [0.29, 0.717) is 30.7 Å². The Hall–Kier alpha value is -2.95. The number of ether oxygens (including phenoxy) is 1. The summed E-state index contributed by atoms with van der Waals surface area (Å²) in [7, 11) is -3.05. The zero-order valence-corrected chi connectivity index (χ0v) is 22.0. The molecule has 0 saturated heterocycles. The van der Waals surface area contributed by atoms with Crippen LogP contribution >= 0.6 is 7.14 Å². The maximum atomic E-state index is 14.0. The Labute approximate surface area is 217 Å². The summed E-state index contributed by atoms with van der Waals surface area (Å²) in [5, 5.41) is 10.1. The average molecular weight is 551 g/mol. The molecule has 13 heteroatoms. The van der Waals surface area contributed by atoms with Crippen LogP contribution in [-0.4, -0.2) is 72.6 Å². The summed E-state index contributed by atoms with van der Waals surface area (Å²) >= 11 is 0. The molecule has 8 bridgehead atoms. The van der Waals surface area contributed by atoms with Gasteiger partial charge >= 0.3 is 6.18 Å². The highest BCUT2D eigenvalue weighted by Crippen LogP contribution is 2.43. The lowest BCUT2D eigenvalue weighted by Gasteiger charge is -2.18. The van der Waals surface area contributed by atoms with E-state index in [-0.39, 0.29) is 46.7 Å². The Kier molecular flexibility index (Phi) is 7.23. The number of hydrogen-bond donors (Lipinski definition) is 4. The van der Waals surface area contributed by atoms with Crippen molar-refractivity contribution in [3.63, 3.8) is 0 Å². The first kappa shape index (κ1) is 26.6. The molecule has 38 heavy (non-hydrogen) atoms. The van der Waals surface area contributed by atoms with Crippen molar-refractivity contribution in [3.05, 3.63) is 35.7 Å². The third-order valence-corrected chi connectivity index (χ3v) is 8.48. The highest BCUT2D eigenvalue weighted by molar-refractivity contribution is 7.70. The lowest BCUT2D eigenvalue weighted by molar-refractivity contribution is -0.137. The van der Waals surface area contributed by atoms with E-state index in [1.807, 2.05) is 0 Å². The molecule has 204 valence electrons. The van der Waals surface area contributed by atoms with Crippen molar-refractivity contribution >= 4 is 35.2 Å². The highest BCUT2D eigenvalue weighted by Gasteiger charge is 2.37. The van der Waals surface area contributed by atoms with E-state index in [1.165, 1.54) is 25.6 Å². The number of halogens is 3. The van der Waals surface area contributed by atoms with Gasteiger partial charge in [-0.05, 0) is 38.7 Å². The maximum Gasteiger partial charge on any atom is 0.419 e. The summed E-state index contributed by atoms with van der Waals surface area (Å²) in [6, 6.07) is 3.32. The van der Waals surface area contributed by atoms with Crippen LogP contribution in [0, 0.1) is 0 Å². The summed E-state index contributed by atoms with van der Waals surface area (Å²) in [6.45, 7) is 4.73. The Morgan fingerprint density at radius 1 is 1.08 bits per heavy atom. The second-order valence-corrected chi connectivity index (χ2v) is 13.2. The fraction of sp³-hybridized carbons (Fsp3) is 0.480. The molecule has 4 N–H and O–H groups in total. The number of carbonyl (C=O) groups is 1. The second-order valence-electron chi connectivity index (χ2n) is 10.1. The van der Waals surface area contributed by atoms with Crippen LogP contribution < -0.4 is 21.3 Å². The number of rotatable bonds is 1. The maximum absolute atomic E-state index is 14.0. The van der Waals surface area contributed by atoms with Crippen LogP contribution in [0.3, 0.4) is 0 Å². The Balaban J connectivity index is 1.66. The number of anilines is 1. The summed E-state index contributed by atoms with van der Waals surface area (Å²) in [6.07, 6.45) is 0.0261. The first-order valence-corrected chi connectivity index (χ1v) is 15.1. The molecule has 6 rings (SSSR count). The van der Waals surface area contributed by atoms with Crippen LogP contribution in [0.1, 0.15) is 35.2 Å². The molecule has 0 radical (unpaired) electrons. The molecule has 0 unspecified atom stereocenters. The van der Waals surface area contributed by atoms with Gasteiger partial charge in [-0.1, -0.05) is 6.07 Å². The minimum Gasteiger partial charge on any atom is -0.378 e. The monoisotopic (exact) mass is 550 g/mol. The minimum atomic E-state index is -4.69. The van der Waals surface area contributed by atoms with Crippen LogP contribution in [0.4, 0.5) is 19.1 Å². The van der Waals surface area contributed by atoms with Gasteiger partial charge in [-0.15, -0.1) is 0 Å². The van der Waals surface area contributed by atoms with Gasteiger partial charge in [0.25, 0.3) is 5.91 Å². The number of nitrogens with one attached hydrogen (secondary N) is 4. The summed E-state index contributed by atoms with van der Waals surface area (Å²) in [5.41, 5.74) is -0.527. The van der Waals surface area contributed by atoms with Crippen LogP contribution in [0.15, 0.2) is 24.5 Å². The molecule has 3 aliphatic rings. The van der Waals surface area contributed by atoms with Crippen molar-refractivity contribution in [2.45, 2.75) is 37.5 Å². The predicted molar refractivity (Wildman–Crippen MR) is 140 cm³/mol. The van der Waals surface area contributed by atoms with Gasteiger partial charge in [0.1, 0.15) is 12.7 Å². The number of H-pyrrole nitrogens is 1. The number of alkyl halides is 3. The van der Waals surface area contributed by atoms with Crippen LogP contribution in [0.2, 0.25) is 0 Å². The van der Waals surface area contributed by atoms with Gasteiger partial charge in [0.05, 0.1) is 30.0 Å². The molecule has 1 aromatic carbocycles. The van der Waals surface area contributed by atoms with E-state index in [0.717, 1.165) is 25.5 Å². The van der Waals surface area contributed by atoms with Crippen molar-refractivity contribution in [2.24, 2.45) is 0 Å². The van der Waals surface area contributed by atoms with Gasteiger partial charge in [0.15, 0.2) is 0 Å². The third kappa shape index (κ3) is 5.43. The second kappa shape index (κ2) is 10.3. The van der Waals surface area contributed by atoms with Crippen molar-refractivity contribution < 1.29 is 27.3 Å². The number of aromatic nitrogens is 3. The number of hydrogen-bond acceptors (Lipinski definition) is 7. The largest absolute Gasteiger partial charge is 0.419 e. The molecule has 2 atom stereocenters. The molecule has 2 aliphatic heterocycles. The van der Waals surface area contributed by atoms with E-state index in [2.05, 4.69) is 30.9 Å². The third-order valence-electron chi connectivity index (χ3n) is 6.94. The smallest absolute Gasteiger partial charge is 0.378 e. The molecule has 1 aliphatic carbocycles. The zero-order chi connectivity index (χ0) is 27.1. The number of benzene rings is 1. The average Bonchev–Trinajstić information content (AvgIpc) is 3.47.